The zero-order chi connectivity index (χ0) is 11.2. The third-order valence-corrected chi connectivity index (χ3v) is 2.41. The fourth-order valence-corrected chi connectivity index (χ4v) is 1.59. The zero-order valence-electron chi connectivity index (χ0n) is 9.44. The highest BCUT2D eigenvalue weighted by atomic mass is 16.5. The molecule has 0 fully saturated rings. The lowest BCUT2D eigenvalue weighted by Crippen LogP contribution is -2.16. The lowest BCUT2D eigenvalue weighted by Gasteiger charge is -2.02. The summed E-state index contributed by atoms with van der Waals surface area (Å²) in [6.07, 6.45) is 1.04. The molecule has 0 aliphatic carbocycles. The van der Waals surface area contributed by atoms with Crippen molar-refractivity contribution in [1.82, 2.24) is 10.5 Å². The zero-order valence-corrected chi connectivity index (χ0v) is 9.44. The summed E-state index contributed by atoms with van der Waals surface area (Å²) in [6.45, 7) is 3.62. The number of aromatic nitrogens is 1. The molecule has 0 amide bonds. The average molecular weight is 216 g/mol. The van der Waals surface area contributed by atoms with E-state index in [1.165, 1.54) is 5.56 Å². The van der Waals surface area contributed by atoms with Gasteiger partial charge in [0, 0.05) is 6.07 Å². The molecule has 1 aromatic carbocycles. The van der Waals surface area contributed by atoms with Gasteiger partial charge >= 0.3 is 0 Å². The Hall–Kier alpha value is -1.61. The first-order valence-corrected chi connectivity index (χ1v) is 5.51. The molecule has 1 heterocycles. The van der Waals surface area contributed by atoms with Gasteiger partial charge in [-0.15, -0.1) is 0 Å². The van der Waals surface area contributed by atoms with Crippen molar-refractivity contribution in [2.75, 3.05) is 6.54 Å². The van der Waals surface area contributed by atoms with Gasteiger partial charge < -0.3 is 9.84 Å². The Bertz CT molecular complexity index is 423. The van der Waals surface area contributed by atoms with E-state index >= 15 is 0 Å². The lowest BCUT2D eigenvalue weighted by atomic mass is 10.1. The van der Waals surface area contributed by atoms with E-state index in [1.54, 1.807) is 0 Å². The molecule has 0 saturated carbocycles. The van der Waals surface area contributed by atoms with Gasteiger partial charge in [-0.3, -0.25) is 0 Å². The van der Waals surface area contributed by atoms with E-state index in [0.717, 1.165) is 31.0 Å². The Kier molecular flexibility index (Phi) is 3.72. The van der Waals surface area contributed by atoms with Crippen LogP contribution in [0.3, 0.4) is 0 Å². The second-order valence-corrected chi connectivity index (χ2v) is 3.85. The van der Waals surface area contributed by atoms with Crippen molar-refractivity contribution in [1.29, 1.82) is 0 Å². The third-order valence-electron chi connectivity index (χ3n) is 2.41. The first kappa shape index (κ1) is 10.9. The number of rotatable bonds is 5. The second kappa shape index (κ2) is 5.47. The van der Waals surface area contributed by atoms with Crippen LogP contribution in [0.5, 0.6) is 0 Å². The monoisotopic (exact) mass is 216 g/mol. The molecule has 3 heteroatoms. The van der Waals surface area contributed by atoms with Crippen LogP contribution in [-0.4, -0.2) is 11.7 Å². The molecule has 1 N–H and O–H groups in total. The van der Waals surface area contributed by atoms with Gasteiger partial charge in [0.15, 0.2) is 5.76 Å². The highest BCUT2D eigenvalue weighted by Crippen LogP contribution is 2.02. The van der Waals surface area contributed by atoms with Gasteiger partial charge in [0.25, 0.3) is 0 Å². The fourth-order valence-electron chi connectivity index (χ4n) is 1.59. The van der Waals surface area contributed by atoms with Crippen LogP contribution in [0, 0.1) is 6.92 Å². The van der Waals surface area contributed by atoms with Crippen molar-refractivity contribution >= 4 is 0 Å². The Morgan fingerprint density at radius 3 is 2.75 bits per heavy atom. The quantitative estimate of drug-likeness (QED) is 0.779. The highest BCUT2D eigenvalue weighted by Gasteiger charge is 1.99. The number of nitrogens with zero attached hydrogens (tertiary/aromatic N) is 1. The highest BCUT2D eigenvalue weighted by molar-refractivity contribution is 5.14. The smallest absolute Gasteiger partial charge is 0.150 e. The van der Waals surface area contributed by atoms with Crippen LogP contribution in [0.2, 0.25) is 0 Å². The normalized spacial score (nSPS) is 10.6. The van der Waals surface area contributed by atoms with Crippen LogP contribution >= 0.6 is 0 Å². The summed E-state index contributed by atoms with van der Waals surface area (Å²) >= 11 is 0. The van der Waals surface area contributed by atoms with Crippen LogP contribution in [0.4, 0.5) is 0 Å². The van der Waals surface area contributed by atoms with E-state index in [9.17, 15) is 0 Å². The molecule has 0 spiro atoms. The minimum Gasteiger partial charge on any atom is -0.360 e. The minimum absolute atomic E-state index is 0.744. The first-order valence-electron chi connectivity index (χ1n) is 5.51. The second-order valence-electron chi connectivity index (χ2n) is 3.85. The van der Waals surface area contributed by atoms with Crippen LogP contribution in [0.15, 0.2) is 40.9 Å². The molecule has 1 aromatic heterocycles. The molecule has 84 valence electrons. The number of nitrogens with one attached hydrogen (secondary N) is 1. The van der Waals surface area contributed by atoms with E-state index in [-0.39, 0.29) is 0 Å². The van der Waals surface area contributed by atoms with Gasteiger partial charge in [0.1, 0.15) is 0 Å². The molecule has 0 aliphatic heterocycles. The molecule has 2 aromatic rings. The number of hydrogen-bond donors (Lipinski definition) is 1. The predicted molar refractivity (Wildman–Crippen MR) is 63.1 cm³/mol. The molecule has 2 rings (SSSR count). The van der Waals surface area contributed by atoms with Crippen LogP contribution in [0.25, 0.3) is 0 Å². The standard InChI is InChI=1S/C13H16N2O/c1-11-9-13(16-15-11)10-14-8-7-12-5-3-2-4-6-12/h2-6,9,14H,7-8,10H2,1H3. The molecule has 0 unspecified atom stereocenters. The summed E-state index contributed by atoms with van der Waals surface area (Å²) in [5, 5.41) is 7.17. The van der Waals surface area contributed by atoms with Crippen LogP contribution in [-0.2, 0) is 13.0 Å². The summed E-state index contributed by atoms with van der Waals surface area (Å²) < 4.78 is 5.10. The maximum absolute atomic E-state index is 5.10. The molecule has 0 aliphatic rings. The van der Waals surface area contributed by atoms with E-state index in [1.807, 2.05) is 19.1 Å². The molecule has 3 nitrogen and oxygen atoms in total. The molecule has 0 saturated heterocycles. The van der Waals surface area contributed by atoms with Crippen LogP contribution in [0.1, 0.15) is 17.0 Å². The first-order chi connectivity index (χ1) is 7.84. The molecule has 0 atom stereocenters. The number of hydrogen-bond acceptors (Lipinski definition) is 3. The Labute approximate surface area is 95.5 Å². The maximum atomic E-state index is 5.10. The summed E-state index contributed by atoms with van der Waals surface area (Å²) in [4.78, 5) is 0. The van der Waals surface area contributed by atoms with Crippen molar-refractivity contribution in [3.8, 4) is 0 Å². The molecule has 16 heavy (non-hydrogen) atoms. The van der Waals surface area contributed by atoms with Gasteiger partial charge in [-0.05, 0) is 25.5 Å². The summed E-state index contributed by atoms with van der Waals surface area (Å²) in [5.41, 5.74) is 2.28. The molecule has 0 bridgehead atoms. The van der Waals surface area contributed by atoms with Gasteiger partial charge in [0.05, 0.1) is 12.2 Å². The summed E-state index contributed by atoms with van der Waals surface area (Å²) in [7, 11) is 0. The van der Waals surface area contributed by atoms with Crippen molar-refractivity contribution in [3.63, 3.8) is 0 Å². The topological polar surface area (TPSA) is 38.1 Å². The summed E-state index contributed by atoms with van der Waals surface area (Å²) in [6, 6.07) is 12.4. The van der Waals surface area contributed by atoms with Crippen molar-refractivity contribution in [2.24, 2.45) is 0 Å². The lowest BCUT2D eigenvalue weighted by molar-refractivity contribution is 0.370. The Balaban J connectivity index is 1.69. The van der Waals surface area contributed by atoms with Crippen LogP contribution < -0.4 is 5.32 Å². The third kappa shape index (κ3) is 3.21. The van der Waals surface area contributed by atoms with Gasteiger partial charge in [-0.25, -0.2) is 0 Å². The molecular weight excluding hydrogens is 200 g/mol. The average Bonchev–Trinajstić information content (AvgIpc) is 2.72. The van der Waals surface area contributed by atoms with Crippen molar-refractivity contribution in [3.05, 3.63) is 53.4 Å². The van der Waals surface area contributed by atoms with Gasteiger partial charge in [0.2, 0.25) is 0 Å². The van der Waals surface area contributed by atoms with E-state index in [0.29, 0.717) is 0 Å². The predicted octanol–water partition coefficient (Wildman–Crippen LogP) is 2.32. The maximum Gasteiger partial charge on any atom is 0.150 e. The molecule has 0 radical (unpaired) electrons. The number of aryl methyl sites for hydroxylation is 1. The fraction of sp³-hybridized carbons (Fsp3) is 0.308. The number of benzene rings is 1. The summed E-state index contributed by atoms with van der Waals surface area (Å²) in [5.74, 6) is 0.894. The van der Waals surface area contributed by atoms with Crippen molar-refractivity contribution in [2.45, 2.75) is 19.9 Å². The Morgan fingerprint density at radius 2 is 2.06 bits per heavy atom. The van der Waals surface area contributed by atoms with E-state index < -0.39 is 0 Å². The minimum atomic E-state index is 0.744. The SMILES string of the molecule is Cc1cc(CNCCc2ccccc2)on1. The van der Waals surface area contributed by atoms with E-state index in [2.05, 4.69) is 34.7 Å². The largest absolute Gasteiger partial charge is 0.360 e. The van der Waals surface area contributed by atoms with Crippen molar-refractivity contribution < 1.29 is 4.52 Å². The van der Waals surface area contributed by atoms with Gasteiger partial charge in [-0.2, -0.15) is 0 Å². The molecular formula is C13H16N2O. The van der Waals surface area contributed by atoms with E-state index in [4.69, 9.17) is 4.52 Å². The van der Waals surface area contributed by atoms with Gasteiger partial charge in [-0.1, -0.05) is 35.5 Å². The Morgan fingerprint density at radius 1 is 1.25 bits per heavy atom.